The molecule has 4 rings (SSSR count). The Hall–Kier alpha value is -2.73. The summed E-state index contributed by atoms with van der Waals surface area (Å²) in [4.78, 5) is 14.5. The molecule has 2 aliphatic rings. The van der Waals surface area contributed by atoms with E-state index in [1.807, 2.05) is 24.3 Å². The maximum Gasteiger partial charge on any atom is 0.271 e. The number of fused-ring (bicyclic) bond motifs is 1. The first-order valence-electron chi connectivity index (χ1n) is 8.48. The lowest BCUT2D eigenvalue weighted by atomic mass is 10.2. The van der Waals surface area contributed by atoms with E-state index in [9.17, 15) is 4.79 Å². The van der Waals surface area contributed by atoms with Crippen LogP contribution in [0.5, 0.6) is 11.5 Å². The Kier molecular flexibility index (Phi) is 4.67. The van der Waals surface area contributed by atoms with Gasteiger partial charge < -0.3 is 14.4 Å². The minimum Gasteiger partial charge on any atom is -0.454 e. The summed E-state index contributed by atoms with van der Waals surface area (Å²) in [5, 5.41) is 4.46. The van der Waals surface area contributed by atoms with Crippen molar-refractivity contribution in [2.24, 2.45) is 5.10 Å². The van der Waals surface area contributed by atoms with Crippen molar-refractivity contribution < 1.29 is 14.3 Å². The van der Waals surface area contributed by atoms with Gasteiger partial charge in [0.1, 0.15) is 0 Å². The van der Waals surface area contributed by atoms with E-state index in [2.05, 4.69) is 15.4 Å². The van der Waals surface area contributed by atoms with Crippen LogP contribution in [0.1, 0.15) is 28.8 Å². The molecule has 0 spiro atoms. The van der Waals surface area contributed by atoms with E-state index in [-0.39, 0.29) is 12.7 Å². The molecule has 1 amide bonds. The van der Waals surface area contributed by atoms with Crippen LogP contribution in [0.3, 0.4) is 0 Å². The Morgan fingerprint density at radius 3 is 2.54 bits per heavy atom. The molecule has 6 nitrogen and oxygen atoms in total. The van der Waals surface area contributed by atoms with Crippen LogP contribution in [0.25, 0.3) is 0 Å². The van der Waals surface area contributed by atoms with Crippen LogP contribution in [-0.2, 0) is 0 Å². The zero-order valence-electron chi connectivity index (χ0n) is 14.1. The molecule has 134 valence electrons. The second-order valence-electron chi connectivity index (χ2n) is 6.17. The van der Waals surface area contributed by atoms with Crippen LogP contribution >= 0.6 is 11.6 Å². The number of hydrogen-bond donors (Lipinski definition) is 1. The second-order valence-corrected chi connectivity index (χ2v) is 6.57. The summed E-state index contributed by atoms with van der Waals surface area (Å²) in [5.41, 5.74) is 4.86. The van der Waals surface area contributed by atoms with E-state index in [4.69, 9.17) is 21.1 Å². The highest BCUT2D eigenvalue weighted by molar-refractivity contribution is 6.33. The molecule has 0 aliphatic carbocycles. The van der Waals surface area contributed by atoms with E-state index in [1.54, 1.807) is 12.1 Å². The summed E-state index contributed by atoms with van der Waals surface area (Å²) in [6.07, 6.45) is 3.93. The molecular formula is C19H18ClN3O3. The highest BCUT2D eigenvalue weighted by atomic mass is 35.5. The number of carbonyl (C=O) groups excluding carboxylic acids is 1. The molecule has 1 N–H and O–H groups in total. The Morgan fingerprint density at radius 2 is 1.81 bits per heavy atom. The van der Waals surface area contributed by atoms with E-state index in [1.165, 1.54) is 19.1 Å². The third-order valence-electron chi connectivity index (χ3n) is 4.46. The van der Waals surface area contributed by atoms with Crippen molar-refractivity contribution in [3.63, 3.8) is 0 Å². The van der Waals surface area contributed by atoms with Gasteiger partial charge in [0.05, 0.1) is 11.2 Å². The topological polar surface area (TPSA) is 63.2 Å². The van der Waals surface area contributed by atoms with E-state index in [0.29, 0.717) is 27.6 Å². The zero-order chi connectivity index (χ0) is 17.9. The third kappa shape index (κ3) is 3.46. The van der Waals surface area contributed by atoms with Crippen LogP contribution in [0.4, 0.5) is 5.69 Å². The minimum absolute atomic E-state index is 0.177. The largest absolute Gasteiger partial charge is 0.454 e. The minimum atomic E-state index is -0.272. The van der Waals surface area contributed by atoms with Crippen molar-refractivity contribution in [2.45, 2.75) is 12.8 Å². The van der Waals surface area contributed by atoms with Crippen LogP contribution in [0.2, 0.25) is 5.02 Å². The van der Waals surface area contributed by atoms with Crippen molar-refractivity contribution in [2.75, 3.05) is 24.8 Å². The van der Waals surface area contributed by atoms with Crippen molar-refractivity contribution in [1.29, 1.82) is 0 Å². The molecule has 7 heteroatoms. The molecule has 26 heavy (non-hydrogen) atoms. The predicted molar refractivity (Wildman–Crippen MR) is 101 cm³/mol. The van der Waals surface area contributed by atoms with Crippen LogP contribution in [-0.4, -0.2) is 32.0 Å². The van der Waals surface area contributed by atoms with Crippen molar-refractivity contribution in [1.82, 2.24) is 5.43 Å². The number of hydrazone groups is 1. The van der Waals surface area contributed by atoms with Gasteiger partial charge in [-0.2, -0.15) is 5.10 Å². The lowest BCUT2D eigenvalue weighted by molar-refractivity contribution is 0.0955. The predicted octanol–water partition coefficient (Wildman–Crippen LogP) is 3.43. The molecule has 0 saturated carbocycles. The number of hydrogen-bond acceptors (Lipinski definition) is 5. The average Bonchev–Trinajstić information content (AvgIpc) is 3.33. The van der Waals surface area contributed by atoms with Crippen molar-refractivity contribution >= 4 is 29.4 Å². The van der Waals surface area contributed by atoms with Crippen LogP contribution in [0, 0.1) is 0 Å². The summed E-state index contributed by atoms with van der Waals surface area (Å²) < 4.78 is 10.6. The first-order valence-corrected chi connectivity index (χ1v) is 8.86. The third-order valence-corrected chi connectivity index (χ3v) is 4.79. The highest BCUT2D eigenvalue weighted by Gasteiger charge is 2.16. The van der Waals surface area contributed by atoms with E-state index < -0.39 is 0 Å². The van der Waals surface area contributed by atoms with E-state index in [0.717, 1.165) is 18.8 Å². The molecule has 0 bridgehead atoms. The number of nitrogens with one attached hydrogen (secondary N) is 1. The van der Waals surface area contributed by atoms with Gasteiger partial charge in [-0.05, 0) is 43.2 Å². The van der Waals surface area contributed by atoms with Crippen molar-refractivity contribution in [3.8, 4) is 11.5 Å². The molecule has 0 atom stereocenters. The average molecular weight is 372 g/mol. The summed E-state index contributed by atoms with van der Waals surface area (Å²) in [5.74, 6) is 0.944. The number of benzene rings is 2. The lowest BCUT2D eigenvalue weighted by Crippen LogP contribution is -2.19. The molecule has 1 saturated heterocycles. The fourth-order valence-corrected chi connectivity index (χ4v) is 3.26. The number of anilines is 1. The molecule has 0 radical (unpaired) electrons. The van der Waals surface area contributed by atoms with Gasteiger partial charge in [-0.3, -0.25) is 4.79 Å². The standard InChI is InChI=1S/C19H18ClN3O3/c20-16-10-18-17(25-12-26-18)9-14(16)11-21-22-19(24)13-3-5-15(6-4-13)23-7-1-2-8-23/h3-6,9-11H,1-2,7-8,12H2,(H,22,24)/b21-11-. The van der Waals surface area contributed by atoms with Gasteiger partial charge in [0.2, 0.25) is 6.79 Å². The molecule has 2 aromatic carbocycles. The molecule has 2 aliphatic heterocycles. The van der Waals surface area contributed by atoms with Gasteiger partial charge >= 0.3 is 0 Å². The smallest absolute Gasteiger partial charge is 0.271 e. The summed E-state index contributed by atoms with van der Waals surface area (Å²) in [7, 11) is 0. The van der Waals surface area contributed by atoms with Crippen LogP contribution in [0.15, 0.2) is 41.5 Å². The number of ether oxygens (including phenoxy) is 2. The highest BCUT2D eigenvalue weighted by Crippen LogP contribution is 2.36. The SMILES string of the molecule is O=C(N/N=C\c1cc2c(cc1Cl)OCO2)c1ccc(N2CCCC2)cc1. The van der Waals surface area contributed by atoms with E-state index >= 15 is 0 Å². The van der Waals surface area contributed by atoms with Gasteiger partial charge in [-0.15, -0.1) is 0 Å². The summed E-state index contributed by atoms with van der Waals surface area (Å²) in [6, 6.07) is 11.0. The van der Waals surface area contributed by atoms with Gasteiger partial charge in [-0.25, -0.2) is 5.43 Å². The number of amides is 1. The van der Waals surface area contributed by atoms with Gasteiger partial charge in [0, 0.05) is 36.0 Å². The first kappa shape index (κ1) is 16.7. The second kappa shape index (κ2) is 7.25. The quantitative estimate of drug-likeness (QED) is 0.660. The van der Waals surface area contributed by atoms with Gasteiger partial charge in [0.15, 0.2) is 11.5 Å². The zero-order valence-corrected chi connectivity index (χ0v) is 14.8. The normalized spacial score (nSPS) is 15.7. The molecule has 2 heterocycles. The summed E-state index contributed by atoms with van der Waals surface area (Å²) in [6.45, 7) is 2.33. The number of halogens is 1. The maximum absolute atomic E-state index is 12.2. The maximum atomic E-state index is 12.2. The fourth-order valence-electron chi connectivity index (χ4n) is 3.06. The Balaban J connectivity index is 1.40. The van der Waals surface area contributed by atoms with Crippen molar-refractivity contribution in [3.05, 3.63) is 52.5 Å². The number of rotatable bonds is 4. The summed E-state index contributed by atoms with van der Waals surface area (Å²) >= 11 is 6.18. The van der Waals surface area contributed by atoms with Gasteiger partial charge in [0.25, 0.3) is 5.91 Å². The van der Waals surface area contributed by atoms with Gasteiger partial charge in [-0.1, -0.05) is 11.6 Å². The monoisotopic (exact) mass is 371 g/mol. The Labute approximate surface area is 156 Å². The Morgan fingerprint density at radius 1 is 1.12 bits per heavy atom. The fraction of sp³-hybridized carbons (Fsp3) is 0.263. The lowest BCUT2D eigenvalue weighted by Gasteiger charge is -2.17. The number of carbonyl (C=O) groups is 1. The number of nitrogens with zero attached hydrogens (tertiary/aromatic N) is 2. The first-order chi connectivity index (χ1) is 12.7. The molecule has 0 aromatic heterocycles. The molecule has 2 aromatic rings. The van der Waals surface area contributed by atoms with Crippen LogP contribution < -0.4 is 19.8 Å². The molecule has 1 fully saturated rings. The molecule has 0 unspecified atom stereocenters. The molecular weight excluding hydrogens is 354 g/mol. The Bertz CT molecular complexity index is 846.